The smallest absolute Gasteiger partial charge is 0.311 e. The first-order valence-electron chi connectivity index (χ1n) is 4.31. The van der Waals surface area contributed by atoms with E-state index in [9.17, 15) is 9.59 Å². The highest BCUT2D eigenvalue weighted by molar-refractivity contribution is 5.72. The van der Waals surface area contributed by atoms with E-state index in [1.165, 1.54) is 7.11 Å². The van der Waals surface area contributed by atoms with Crippen LogP contribution in [0.15, 0.2) is 10.9 Å². The van der Waals surface area contributed by atoms with Crippen molar-refractivity contribution in [1.29, 1.82) is 0 Å². The Hall–Kier alpha value is -1.58. The molecule has 1 rings (SSSR count). The molecular formula is C10H13NO3. The van der Waals surface area contributed by atoms with Gasteiger partial charge in [0.2, 0.25) is 0 Å². The van der Waals surface area contributed by atoms with E-state index in [1.54, 1.807) is 13.0 Å². The first kappa shape index (κ1) is 10.5. The fourth-order valence-corrected chi connectivity index (χ4v) is 1.21. The van der Waals surface area contributed by atoms with E-state index in [-0.39, 0.29) is 17.9 Å². The van der Waals surface area contributed by atoms with Crippen molar-refractivity contribution in [3.63, 3.8) is 0 Å². The molecule has 76 valence electrons. The Morgan fingerprint density at radius 3 is 2.64 bits per heavy atom. The first-order chi connectivity index (χ1) is 6.54. The summed E-state index contributed by atoms with van der Waals surface area (Å²) in [6.07, 6.45) is 0.109. The van der Waals surface area contributed by atoms with Crippen LogP contribution in [0.3, 0.4) is 0 Å². The van der Waals surface area contributed by atoms with Gasteiger partial charge in [0.1, 0.15) is 0 Å². The minimum Gasteiger partial charge on any atom is -0.469 e. The van der Waals surface area contributed by atoms with Crippen molar-refractivity contribution in [3.8, 4) is 0 Å². The maximum absolute atomic E-state index is 11.3. The van der Waals surface area contributed by atoms with Crippen LogP contribution in [0.4, 0.5) is 0 Å². The Morgan fingerprint density at radius 2 is 2.07 bits per heavy atom. The lowest BCUT2D eigenvalue weighted by Crippen LogP contribution is -2.16. The monoisotopic (exact) mass is 195 g/mol. The van der Waals surface area contributed by atoms with Crippen molar-refractivity contribution in [2.45, 2.75) is 20.3 Å². The minimum atomic E-state index is -0.354. The first-order valence-corrected chi connectivity index (χ1v) is 4.31. The number of hydrogen-bond donors (Lipinski definition) is 1. The summed E-state index contributed by atoms with van der Waals surface area (Å²) < 4.78 is 4.52. The molecule has 0 aliphatic rings. The van der Waals surface area contributed by atoms with E-state index < -0.39 is 0 Å². The third-order valence-corrected chi connectivity index (χ3v) is 2.08. The molecule has 4 heteroatoms. The topological polar surface area (TPSA) is 59.2 Å². The van der Waals surface area contributed by atoms with E-state index >= 15 is 0 Å². The second-order valence-corrected chi connectivity index (χ2v) is 3.20. The van der Waals surface area contributed by atoms with E-state index in [0.717, 1.165) is 5.56 Å². The van der Waals surface area contributed by atoms with Crippen molar-refractivity contribution in [1.82, 2.24) is 4.98 Å². The van der Waals surface area contributed by atoms with Gasteiger partial charge in [-0.3, -0.25) is 9.59 Å². The molecule has 0 atom stereocenters. The molecule has 0 fully saturated rings. The molecular weight excluding hydrogens is 182 g/mol. The Morgan fingerprint density at radius 1 is 1.43 bits per heavy atom. The number of esters is 1. The van der Waals surface area contributed by atoms with Crippen molar-refractivity contribution in [3.05, 3.63) is 33.2 Å². The molecule has 0 unspecified atom stereocenters. The summed E-state index contributed by atoms with van der Waals surface area (Å²) in [5.74, 6) is -0.354. The molecule has 4 nitrogen and oxygen atoms in total. The van der Waals surface area contributed by atoms with Gasteiger partial charge in [-0.25, -0.2) is 0 Å². The van der Waals surface area contributed by atoms with Gasteiger partial charge in [-0.2, -0.15) is 0 Å². The number of hydrogen-bond acceptors (Lipinski definition) is 3. The molecule has 1 N–H and O–H groups in total. The normalized spacial score (nSPS) is 9.93. The molecule has 0 aliphatic heterocycles. The van der Waals surface area contributed by atoms with E-state index in [0.29, 0.717) is 11.3 Å². The number of carbonyl (C=O) groups is 1. The lowest BCUT2D eigenvalue weighted by Gasteiger charge is -2.04. The van der Waals surface area contributed by atoms with E-state index in [2.05, 4.69) is 9.72 Å². The van der Waals surface area contributed by atoms with Gasteiger partial charge in [0.05, 0.1) is 13.5 Å². The zero-order chi connectivity index (χ0) is 10.7. The van der Waals surface area contributed by atoms with Gasteiger partial charge in [-0.1, -0.05) is 0 Å². The van der Waals surface area contributed by atoms with E-state index in [4.69, 9.17) is 0 Å². The lowest BCUT2D eigenvalue weighted by atomic mass is 10.1. The third kappa shape index (κ3) is 2.22. The minimum absolute atomic E-state index is 0.109. The van der Waals surface area contributed by atoms with Crippen molar-refractivity contribution in [2.24, 2.45) is 0 Å². The van der Waals surface area contributed by atoms with Crippen LogP contribution in [-0.2, 0) is 16.0 Å². The summed E-state index contributed by atoms with van der Waals surface area (Å²) in [5.41, 5.74) is 2.01. The Labute approximate surface area is 81.9 Å². The standard InChI is InChI=1S/C10H13NO3/c1-6-4-7(2)10(13)11-8(6)5-9(12)14-3/h4H,5H2,1-3H3,(H,11,13). The van der Waals surface area contributed by atoms with Crippen LogP contribution in [0.1, 0.15) is 16.8 Å². The molecule has 1 aromatic rings. The highest BCUT2D eigenvalue weighted by atomic mass is 16.5. The number of carbonyl (C=O) groups excluding carboxylic acids is 1. The third-order valence-electron chi connectivity index (χ3n) is 2.08. The van der Waals surface area contributed by atoms with Gasteiger partial charge in [0.15, 0.2) is 0 Å². The maximum Gasteiger partial charge on any atom is 0.311 e. The summed E-state index contributed by atoms with van der Waals surface area (Å²) in [6, 6.07) is 1.76. The zero-order valence-electron chi connectivity index (χ0n) is 8.51. The van der Waals surface area contributed by atoms with Gasteiger partial charge in [-0.15, -0.1) is 0 Å². The maximum atomic E-state index is 11.3. The predicted molar refractivity (Wildman–Crippen MR) is 52.3 cm³/mol. The molecule has 0 amide bonds. The summed E-state index contributed by atoms with van der Waals surface area (Å²) in [7, 11) is 1.32. The number of aromatic nitrogens is 1. The lowest BCUT2D eigenvalue weighted by molar-refractivity contribution is -0.139. The number of pyridine rings is 1. The fourth-order valence-electron chi connectivity index (χ4n) is 1.21. The molecule has 1 heterocycles. The second-order valence-electron chi connectivity index (χ2n) is 3.20. The van der Waals surface area contributed by atoms with Crippen molar-refractivity contribution >= 4 is 5.97 Å². The van der Waals surface area contributed by atoms with Gasteiger partial charge in [0, 0.05) is 11.3 Å². The van der Waals surface area contributed by atoms with Crippen LogP contribution in [0, 0.1) is 13.8 Å². The molecule has 0 aliphatic carbocycles. The molecule has 0 aromatic carbocycles. The number of methoxy groups -OCH3 is 1. The zero-order valence-corrected chi connectivity index (χ0v) is 8.51. The number of rotatable bonds is 2. The average Bonchev–Trinajstić information content (AvgIpc) is 2.14. The molecule has 0 bridgehead atoms. The molecule has 1 aromatic heterocycles. The van der Waals surface area contributed by atoms with Crippen molar-refractivity contribution in [2.75, 3.05) is 7.11 Å². The number of H-pyrrole nitrogens is 1. The van der Waals surface area contributed by atoms with Crippen LogP contribution in [-0.4, -0.2) is 18.1 Å². The summed E-state index contributed by atoms with van der Waals surface area (Å²) in [5, 5.41) is 0. The number of aryl methyl sites for hydroxylation is 2. The van der Waals surface area contributed by atoms with Crippen LogP contribution in [0.25, 0.3) is 0 Å². The summed E-state index contributed by atoms with van der Waals surface area (Å²) in [6.45, 7) is 3.58. The second kappa shape index (κ2) is 4.09. The number of ether oxygens (including phenoxy) is 1. The highest BCUT2D eigenvalue weighted by Gasteiger charge is 2.07. The Kier molecular flexibility index (Phi) is 3.06. The van der Waals surface area contributed by atoms with Gasteiger partial charge in [-0.05, 0) is 25.5 Å². The quantitative estimate of drug-likeness (QED) is 0.707. The fraction of sp³-hybridized carbons (Fsp3) is 0.400. The van der Waals surface area contributed by atoms with Crippen LogP contribution >= 0.6 is 0 Å². The highest BCUT2D eigenvalue weighted by Crippen LogP contribution is 2.04. The van der Waals surface area contributed by atoms with Crippen LogP contribution in [0.2, 0.25) is 0 Å². The largest absolute Gasteiger partial charge is 0.469 e. The number of aromatic amines is 1. The molecule has 0 saturated heterocycles. The van der Waals surface area contributed by atoms with Gasteiger partial charge in [0.25, 0.3) is 5.56 Å². The van der Waals surface area contributed by atoms with Crippen LogP contribution in [0.5, 0.6) is 0 Å². The summed E-state index contributed by atoms with van der Waals surface area (Å²) in [4.78, 5) is 24.9. The van der Waals surface area contributed by atoms with Crippen LogP contribution < -0.4 is 5.56 Å². The molecule has 0 spiro atoms. The Bertz CT molecular complexity index is 406. The van der Waals surface area contributed by atoms with Gasteiger partial charge < -0.3 is 9.72 Å². The predicted octanol–water partition coefficient (Wildman–Crippen LogP) is 0.707. The average molecular weight is 195 g/mol. The Balaban J connectivity index is 3.04. The number of nitrogens with one attached hydrogen (secondary N) is 1. The molecule has 0 radical (unpaired) electrons. The van der Waals surface area contributed by atoms with Crippen molar-refractivity contribution < 1.29 is 9.53 Å². The van der Waals surface area contributed by atoms with E-state index in [1.807, 2.05) is 6.92 Å². The summed E-state index contributed by atoms with van der Waals surface area (Å²) >= 11 is 0. The molecule has 14 heavy (non-hydrogen) atoms. The SMILES string of the molecule is COC(=O)Cc1[nH]c(=O)c(C)cc1C. The molecule has 0 saturated carbocycles. The van der Waals surface area contributed by atoms with Gasteiger partial charge >= 0.3 is 5.97 Å².